The van der Waals surface area contributed by atoms with Crippen LogP contribution in [0.1, 0.15) is 32.1 Å². The van der Waals surface area contributed by atoms with Gasteiger partial charge >= 0.3 is 0 Å². The molecule has 0 bridgehead atoms. The van der Waals surface area contributed by atoms with Crippen molar-refractivity contribution in [2.75, 3.05) is 6.61 Å². The molecule has 20 heavy (non-hydrogen) atoms. The summed E-state index contributed by atoms with van der Waals surface area (Å²) < 4.78 is 5.38. The number of carbonyl (C=O) groups is 1. The molecule has 0 heterocycles. The minimum Gasteiger partial charge on any atom is -0.482 e. The van der Waals surface area contributed by atoms with Gasteiger partial charge in [0.2, 0.25) is 0 Å². The van der Waals surface area contributed by atoms with E-state index in [4.69, 9.17) is 16.3 Å². The molecule has 1 aromatic rings. The second kappa shape index (κ2) is 6.62. The van der Waals surface area contributed by atoms with Gasteiger partial charge in [0.05, 0.1) is 11.1 Å². The van der Waals surface area contributed by atoms with E-state index in [1.165, 1.54) is 0 Å². The van der Waals surface area contributed by atoms with E-state index in [1.807, 2.05) is 0 Å². The zero-order valence-electron chi connectivity index (χ0n) is 11.2. The topological polar surface area (TPSA) is 62.1 Å². The molecule has 1 fully saturated rings. The molecule has 1 aromatic carbocycles. The third-order valence-corrected chi connectivity index (χ3v) is 3.81. The number of amides is 1. The van der Waals surface area contributed by atoms with Crippen LogP contribution < -0.4 is 10.1 Å². The van der Waals surface area contributed by atoms with Crippen molar-refractivity contribution < 1.29 is 9.53 Å². The third kappa shape index (κ3) is 3.64. The lowest BCUT2D eigenvalue weighted by Crippen LogP contribution is -2.50. The molecule has 0 aliphatic heterocycles. The highest BCUT2D eigenvalue weighted by Crippen LogP contribution is 2.27. The molecule has 0 atom stereocenters. The largest absolute Gasteiger partial charge is 0.482 e. The van der Waals surface area contributed by atoms with Gasteiger partial charge in [0.1, 0.15) is 11.3 Å². The number of nitrogens with one attached hydrogen (secondary N) is 1. The number of rotatable bonds is 4. The first-order valence-electron chi connectivity index (χ1n) is 6.75. The summed E-state index contributed by atoms with van der Waals surface area (Å²) in [5, 5.41) is 12.6. The Morgan fingerprint density at radius 1 is 1.35 bits per heavy atom. The number of carbonyl (C=O) groups excluding carboxylic acids is 1. The first kappa shape index (κ1) is 14.7. The quantitative estimate of drug-likeness (QED) is 0.927. The minimum atomic E-state index is -0.723. The highest BCUT2D eigenvalue weighted by atomic mass is 35.5. The van der Waals surface area contributed by atoms with Gasteiger partial charge in [-0.1, -0.05) is 43.0 Å². The van der Waals surface area contributed by atoms with Crippen molar-refractivity contribution in [2.45, 2.75) is 37.6 Å². The maximum absolute atomic E-state index is 11.9. The number of hydrogen-bond acceptors (Lipinski definition) is 3. The lowest BCUT2D eigenvalue weighted by Gasteiger charge is -2.31. The first-order chi connectivity index (χ1) is 9.65. The number of halogens is 1. The number of nitrogens with zero attached hydrogens (tertiary/aromatic N) is 1. The van der Waals surface area contributed by atoms with Crippen LogP contribution in [-0.2, 0) is 4.79 Å². The second-order valence-electron chi connectivity index (χ2n) is 5.02. The van der Waals surface area contributed by atoms with Crippen molar-refractivity contribution >= 4 is 17.5 Å². The molecule has 1 N–H and O–H groups in total. The monoisotopic (exact) mass is 292 g/mol. The summed E-state index contributed by atoms with van der Waals surface area (Å²) in [6, 6.07) is 9.23. The van der Waals surface area contributed by atoms with Crippen LogP contribution in [0.5, 0.6) is 5.75 Å². The molecule has 0 saturated heterocycles. The van der Waals surface area contributed by atoms with Crippen LogP contribution in [0.4, 0.5) is 0 Å². The maximum Gasteiger partial charge on any atom is 0.259 e. The van der Waals surface area contributed by atoms with Crippen molar-refractivity contribution in [3.05, 3.63) is 29.3 Å². The van der Waals surface area contributed by atoms with Crippen molar-refractivity contribution in [3.63, 3.8) is 0 Å². The lowest BCUT2D eigenvalue weighted by molar-refractivity contribution is -0.124. The summed E-state index contributed by atoms with van der Waals surface area (Å²) in [5.41, 5.74) is -0.723. The predicted molar refractivity (Wildman–Crippen MR) is 76.5 cm³/mol. The zero-order valence-corrected chi connectivity index (χ0v) is 11.9. The summed E-state index contributed by atoms with van der Waals surface area (Å²) in [4.78, 5) is 11.9. The van der Waals surface area contributed by atoms with Crippen LogP contribution in [-0.4, -0.2) is 18.1 Å². The van der Waals surface area contributed by atoms with E-state index >= 15 is 0 Å². The van der Waals surface area contributed by atoms with Crippen molar-refractivity contribution in [2.24, 2.45) is 0 Å². The van der Waals surface area contributed by atoms with Gasteiger partial charge in [-0.2, -0.15) is 5.26 Å². The van der Waals surface area contributed by atoms with E-state index in [2.05, 4.69) is 11.4 Å². The Bertz CT molecular complexity index is 519. The van der Waals surface area contributed by atoms with Crippen LogP contribution in [0, 0.1) is 11.3 Å². The number of para-hydroxylation sites is 1. The predicted octanol–water partition coefficient (Wildman–Crippen LogP) is 3.06. The zero-order chi connectivity index (χ0) is 14.4. The summed E-state index contributed by atoms with van der Waals surface area (Å²) in [6.07, 6.45) is 4.48. The SMILES string of the molecule is N#CC1(NC(=O)COc2ccccc2Cl)CCCCC1. The van der Waals surface area contributed by atoms with Crippen LogP contribution in [0.15, 0.2) is 24.3 Å². The fourth-order valence-corrected chi connectivity index (χ4v) is 2.62. The molecule has 1 aliphatic carbocycles. The molecule has 0 spiro atoms. The number of ether oxygens (including phenoxy) is 1. The van der Waals surface area contributed by atoms with E-state index in [0.717, 1.165) is 19.3 Å². The first-order valence-corrected chi connectivity index (χ1v) is 7.13. The van der Waals surface area contributed by atoms with E-state index in [-0.39, 0.29) is 12.5 Å². The molecule has 2 rings (SSSR count). The molecular weight excluding hydrogens is 276 g/mol. The van der Waals surface area contributed by atoms with Gasteiger partial charge < -0.3 is 10.1 Å². The Morgan fingerprint density at radius 2 is 2.05 bits per heavy atom. The highest BCUT2D eigenvalue weighted by Gasteiger charge is 2.33. The molecule has 1 saturated carbocycles. The standard InChI is InChI=1S/C15H17ClN2O2/c16-12-6-2-3-7-13(12)20-10-14(19)18-15(11-17)8-4-1-5-9-15/h2-3,6-7H,1,4-5,8-10H2,(H,18,19). The molecule has 106 valence electrons. The fourth-order valence-electron chi connectivity index (χ4n) is 2.43. The van der Waals surface area contributed by atoms with E-state index in [1.54, 1.807) is 24.3 Å². The Hall–Kier alpha value is -1.73. The molecule has 1 amide bonds. The summed E-state index contributed by atoms with van der Waals surface area (Å²) in [7, 11) is 0. The molecule has 0 radical (unpaired) electrons. The van der Waals surface area contributed by atoms with Crippen LogP contribution in [0.25, 0.3) is 0 Å². The molecule has 5 heteroatoms. The number of nitriles is 1. The smallest absolute Gasteiger partial charge is 0.259 e. The Balaban J connectivity index is 1.89. The Labute approximate surface area is 123 Å². The van der Waals surface area contributed by atoms with E-state index in [9.17, 15) is 10.1 Å². The number of hydrogen-bond donors (Lipinski definition) is 1. The van der Waals surface area contributed by atoms with Gasteiger partial charge in [0, 0.05) is 0 Å². The maximum atomic E-state index is 11.9. The molecule has 0 aromatic heterocycles. The Morgan fingerprint density at radius 3 is 2.70 bits per heavy atom. The van der Waals surface area contributed by atoms with Gasteiger partial charge in [0.15, 0.2) is 6.61 Å². The average Bonchev–Trinajstić information content (AvgIpc) is 2.47. The number of benzene rings is 1. The highest BCUT2D eigenvalue weighted by molar-refractivity contribution is 6.32. The molecule has 4 nitrogen and oxygen atoms in total. The van der Waals surface area contributed by atoms with Gasteiger partial charge in [-0.15, -0.1) is 0 Å². The van der Waals surface area contributed by atoms with Crippen LogP contribution >= 0.6 is 11.6 Å². The van der Waals surface area contributed by atoms with Crippen LogP contribution in [0.3, 0.4) is 0 Å². The summed E-state index contributed by atoms with van der Waals surface area (Å²) >= 11 is 5.95. The fraction of sp³-hybridized carbons (Fsp3) is 0.467. The summed E-state index contributed by atoms with van der Waals surface area (Å²) in [6.45, 7) is -0.132. The van der Waals surface area contributed by atoms with E-state index < -0.39 is 5.54 Å². The van der Waals surface area contributed by atoms with Crippen molar-refractivity contribution in [1.82, 2.24) is 5.32 Å². The summed E-state index contributed by atoms with van der Waals surface area (Å²) in [5.74, 6) is 0.187. The normalized spacial score (nSPS) is 17.0. The average molecular weight is 293 g/mol. The third-order valence-electron chi connectivity index (χ3n) is 3.50. The van der Waals surface area contributed by atoms with Crippen LogP contribution in [0.2, 0.25) is 5.02 Å². The second-order valence-corrected chi connectivity index (χ2v) is 5.43. The Kier molecular flexibility index (Phi) is 4.86. The van der Waals surface area contributed by atoms with Crippen molar-refractivity contribution in [1.29, 1.82) is 5.26 Å². The molecule has 0 unspecified atom stereocenters. The van der Waals surface area contributed by atoms with Gasteiger partial charge in [0.25, 0.3) is 5.91 Å². The molecular formula is C15H17ClN2O2. The minimum absolute atomic E-state index is 0.132. The van der Waals surface area contributed by atoms with Gasteiger partial charge in [-0.05, 0) is 25.0 Å². The van der Waals surface area contributed by atoms with Crippen molar-refractivity contribution in [3.8, 4) is 11.8 Å². The van der Waals surface area contributed by atoms with Gasteiger partial charge in [-0.3, -0.25) is 4.79 Å². The van der Waals surface area contributed by atoms with E-state index in [0.29, 0.717) is 23.6 Å². The molecule has 1 aliphatic rings. The lowest BCUT2D eigenvalue weighted by atomic mass is 9.83. The van der Waals surface area contributed by atoms with Gasteiger partial charge in [-0.25, -0.2) is 0 Å².